The summed E-state index contributed by atoms with van der Waals surface area (Å²) in [6.45, 7) is 2.85. The Hall–Kier alpha value is -2.90. The van der Waals surface area contributed by atoms with E-state index >= 15 is 0 Å². The summed E-state index contributed by atoms with van der Waals surface area (Å²) in [5, 5.41) is 2.60. The molecule has 0 aliphatic heterocycles. The lowest BCUT2D eigenvalue weighted by Crippen LogP contribution is -2.17. The molecule has 0 radical (unpaired) electrons. The summed E-state index contributed by atoms with van der Waals surface area (Å²) >= 11 is 0. The molecular formula is C19H20F3NO4. The van der Waals surface area contributed by atoms with Crippen molar-refractivity contribution in [2.75, 3.05) is 18.5 Å². The lowest BCUT2D eigenvalue weighted by molar-refractivity contribution is -0.274. The van der Waals surface area contributed by atoms with Gasteiger partial charge in [0.1, 0.15) is 17.2 Å². The van der Waals surface area contributed by atoms with E-state index in [-0.39, 0.29) is 18.1 Å². The molecule has 2 rings (SSSR count). The third-order valence-electron chi connectivity index (χ3n) is 3.32. The van der Waals surface area contributed by atoms with Gasteiger partial charge in [-0.15, -0.1) is 13.2 Å². The maximum Gasteiger partial charge on any atom is 0.573 e. The van der Waals surface area contributed by atoms with Crippen molar-refractivity contribution in [3.05, 3.63) is 48.5 Å². The van der Waals surface area contributed by atoms with Gasteiger partial charge in [0.25, 0.3) is 0 Å². The van der Waals surface area contributed by atoms with Crippen LogP contribution in [0.1, 0.15) is 19.8 Å². The highest BCUT2D eigenvalue weighted by atomic mass is 19.4. The molecule has 0 saturated carbocycles. The predicted octanol–water partition coefficient (Wildman–Crippen LogP) is 4.78. The van der Waals surface area contributed by atoms with Gasteiger partial charge in [0.15, 0.2) is 0 Å². The lowest BCUT2D eigenvalue weighted by Gasteiger charge is -2.10. The zero-order valence-electron chi connectivity index (χ0n) is 14.7. The number of carbonyl (C=O) groups is 1. The minimum absolute atomic E-state index is 0.220. The number of hydrogen-bond acceptors (Lipinski definition) is 4. The average molecular weight is 383 g/mol. The first-order valence-corrected chi connectivity index (χ1v) is 8.37. The highest BCUT2D eigenvalue weighted by molar-refractivity contribution is 5.90. The standard InChI is InChI=1S/C19H20F3NO4/c1-2-25-15-9-11-16(12-10-15)26-13-3-4-18(24)23-14-5-7-17(8-6-14)27-19(20,21)22/h5-12H,2-4,13H2,1H3,(H,23,24). The third-order valence-corrected chi connectivity index (χ3v) is 3.32. The smallest absolute Gasteiger partial charge is 0.494 e. The maximum absolute atomic E-state index is 12.1. The van der Waals surface area contributed by atoms with Gasteiger partial charge in [-0.05, 0) is 61.9 Å². The number of hydrogen-bond donors (Lipinski definition) is 1. The summed E-state index contributed by atoms with van der Waals surface area (Å²) in [4.78, 5) is 11.9. The molecule has 0 atom stereocenters. The van der Waals surface area contributed by atoms with E-state index in [0.29, 0.717) is 31.1 Å². The highest BCUT2D eigenvalue weighted by Crippen LogP contribution is 2.24. The van der Waals surface area contributed by atoms with Gasteiger partial charge in [0.05, 0.1) is 13.2 Å². The van der Waals surface area contributed by atoms with Crippen LogP contribution in [-0.4, -0.2) is 25.5 Å². The summed E-state index contributed by atoms with van der Waals surface area (Å²) in [6.07, 6.45) is -4.03. The molecule has 0 aliphatic rings. The molecule has 0 bridgehead atoms. The minimum Gasteiger partial charge on any atom is -0.494 e. The molecule has 0 fully saturated rings. The zero-order valence-corrected chi connectivity index (χ0v) is 14.7. The SMILES string of the molecule is CCOc1ccc(OCCCC(=O)Nc2ccc(OC(F)(F)F)cc2)cc1. The first-order valence-electron chi connectivity index (χ1n) is 8.37. The quantitative estimate of drug-likeness (QED) is 0.633. The van der Waals surface area contributed by atoms with Gasteiger partial charge < -0.3 is 19.5 Å². The third kappa shape index (κ3) is 7.89. The van der Waals surface area contributed by atoms with Crippen LogP contribution in [0.3, 0.4) is 0 Å². The van der Waals surface area contributed by atoms with Crippen LogP contribution in [0.4, 0.5) is 18.9 Å². The fraction of sp³-hybridized carbons (Fsp3) is 0.316. The molecule has 2 aromatic carbocycles. The van der Waals surface area contributed by atoms with Crippen LogP contribution in [-0.2, 0) is 4.79 Å². The molecule has 0 aromatic heterocycles. The fourth-order valence-electron chi connectivity index (χ4n) is 2.18. The Morgan fingerprint density at radius 3 is 2.04 bits per heavy atom. The van der Waals surface area contributed by atoms with Crippen molar-refractivity contribution in [1.82, 2.24) is 0 Å². The average Bonchev–Trinajstić information content (AvgIpc) is 2.61. The second-order valence-electron chi connectivity index (χ2n) is 5.48. The Bertz CT molecular complexity index is 715. The second-order valence-corrected chi connectivity index (χ2v) is 5.48. The van der Waals surface area contributed by atoms with Crippen molar-refractivity contribution in [3.63, 3.8) is 0 Å². The Labute approximate surface area is 155 Å². The van der Waals surface area contributed by atoms with Crippen LogP contribution < -0.4 is 19.5 Å². The van der Waals surface area contributed by atoms with E-state index in [0.717, 1.165) is 17.9 Å². The fourth-order valence-corrected chi connectivity index (χ4v) is 2.18. The van der Waals surface area contributed by atoms with Crippen LogP contribution in [0.2, 0.25) is 0 Å². The van der Waals surface area contributed by atoms with Crippen molar-refractivity contribution in [1.29, 1.82) is 0 Å². The van der Waals surface area contributed by atoms with Gasteiger partial charge >= 0.3 is 6.36 Å². The maximum atomic E-state index is 12.1. The van der Waals surface area contributed by atoms with E-state index in [2.05, 4.69) is 10.1 Å². The number of ether oxygens (including phenoxy) is 3. The molecule has 0 unspecified atom stereocenters. The van der Waals surface area contributed by atoms with Crippen LogP contribution in [0, 0.1) is 0 Å². The van der Waals surface area contributed by atoms with Crippen LogP contribution in [0.15, 0.2) is 48.5 Å². The Kier molecular flexibility index (Phi) is 7.34. The normalized spacial score (nSPS) is 11.0. The number of benzene rings is 2. The number of rotatable bonds is 9. The number of alkyl halides is 3. The van der Waals surface area contributed by atoms with Gasteiger partial charge in [-0.2, -0.15) is 0 Å². The topological polar surface area (TPSA) is 56.8 Å². The number of anilines is 1. The van der Waals surface area contributed by atoms with Gasteiger partial charge in [-0.25, -0.2) is 0 Å². The van der Waals surface area contributed by atoms with Gasteiger partial charge in [-0.1, -0.05) is 0 Å². The Morgan fingerprint density at radius 1 is 0.926 bits per heavy atom. The number of carbonyl (C=O) groups excluding carboxylic acids is 1. The molecule has 0 aliphatic carbocycles. The molecule has 146 valence electrons. The molecule has 5 nitrogen and oxygen atoms in total. The van der Waals surface area contributed by atoms with E-state index in [1.54, 1.807) is 24.3 Å². The van der Waals surface area contributed by atoms with Gasteiger partial charge in [0.2, 0.25) is 5.91 Å². The van der Waals surface area contributed by atoms with Crippen LogP contribution >= 0.6 is 0 Å². The van der Waals surface area contributed by atoms with Crippen molar-refractivity contribution in [3.8, 4) is 17.2 Å². The van der Waals surface area contributed by atoms with Crippen LogP contribution in [0.25, 0.3) is 0 Å². The zero-order chi connectivity index (χ0) is 19.7. The molecule has 0 heterocycles. The minimum atomic E-state index is -4.74. The first-order chi connectivity index (χ1) is 12.9. The number of halogens is 3. The van der Waals surface area contributed by atoms with Crippen molar-refractivity contribution in [2.45, 2.75) is 26.1 Å². The molecule has 2 aromatic rings. The lowest BCUT2D eigenvalue weighted by atomic mass is 10.2. The first kappa shape index (κ1) is 20.4. The van der Waals surface area contributed by atoms with E-state index in [1.165, 1.54) is 12.1 Å². The Morgan fingerprint density at radius 2 is 1.48 bits per heavy atom. The highest BCUT2D eigenvalue weighted by Gasteiger charge is 2.30. The number of amides is 1. The van der Waals surface area contributed by atoms with Crippen molar-refractivity contribution >= 4 is 11.6 Å². The molecule has 1 amide bonds. The molecule has 0 saturated heterocycles. The van der Waals surface area contributed by atoms with E-state index in [9.17, 15) is 18.0 Å². The monoisotopic (exact) mass is 383 g/mol. The summed E-state index contributed by atoms with van der Waals surface area (Å²) in [6, 6.07) is 12.1. The molecular weight excluding hydrogens is 363 g/mol. The van der Waals surface area contributed by atoms with Gasteiger partial charge in [-0.3, -0.25) is 4.79 Å². The van der Waals surface area contributed by atoms with E-state index in [4.69, 9.17) is 9.47 Å². The van der Waals surface area contributed by atoms with Crippen molar-refractivity contribution in [2.24, 2.45) is 0 Å². The molecule has 0 spiro atoms. The Balaban J connectivity index is 1.68. The van der Waals surface area contributed by atoms with E-state index < -0.39 is 6.36 Å². The summed E-state index contributed by atoms with van der Waals surface area (Å²) in [7, 11) is 0. The number of nitrogens with one attached hydrogen (secondary N) is 1. The summed E-state index contributed by atoms with van der Waals surface area (Å²) in [5.41, 5.74) is 0.391. The van der Waals surface area contributed by atoms with Crippen LogP contribution in [0.5, 0.6) is 17.2 Å². The van der Waals surface area contributed by atoms with Crippen molar-refractivity contribution < 1.29 is 32.2 Å². The molecule has 8 heteroatoms. The summed E-state index contributed by atoms with van der Waals surface area (Å²) < 4.78 is 50.9. The molecule has 27 heavy (non-hydrogen) atoms. The predicted molar refractivity (Wildman–Crippen MR) is 94.1 cm³/mol. The van der Waals surface area contributed by atoms with Gasteiger partial charge in [0, 0.05) is 12.1 Å². The molecule has 1 N–H and O–H groups in total. The summed E-state index contributed by atoms with van der Waals surface area (Å²) in [5.74, 6) is 0.842. The second kappa shape index (κ2) is 9.70. The van der Waals surface area contributed by atoms with E-state index in [1.807, 2.05) is 6.92 Å². The largest absolute Gasteiger partial charge is 0.573 e.